The van der Waals surface area contributed by atoms with E-state index in [0.717, 1.165) is 0 Å². The average Bonchev–Trinajstić information content (AvgIpc) is 2.89. The normalized spacial score (nSPS) is 16.5. The van der Waals surface area contributed by atoms with Gasteiger partial charge in [-0.2, -0.15) is 4.31 Å². The minimum atomic E-state index is -3.71. The summed E-state index contributed by atoms with van der Waals surface area (Å²) in [5.41, 5.74) is 5.32. The lowest BCUT2D eigenvalue weighted by Crippen LogP contribution is -2.52. The summed E-state index contributed by atoms with van der Waals surface area (Å²) >= 11 is 0. The van der Waals surface area contributed by atoms with Crippen LogP contribution in [0.4, 0.5) is 4.79 Å². The van der Waals surface area contributed by atoms with Crippen molar-refractivity contribution in [1.82, 2.24) is 19.1 Å². The fraction of sp³-hybridized carbons (Fsp3) is 0.500. The van der Waals surface area contributed by atoms with E-state index in [2.05, 4.69) is 5.32 Å². The number of carbonyl (C=O) groups is 2. The van der Waals surface area contributed by atoms with E-state index in [1.54, 1.807) is 11.9 Å². The molecule has 1 aliphatic heterocycles. The molecular weight excluding hydrogens is 310 g/mol. The summed E-state index contributed by atoms with van der Waals surface area (Å²) in [6.45, 7) is 1.04. The quantitative estimate of drug-likeness (QED) is 0.722. The molecule has 9 nitrogen and oxygen atoms in total. The van der Waals surface area contributed by atoms with Gasteiger partial charge in [0.15, 0.2) is 0 Å². The summed E-state index contributed by atoms with van der Waals surface area (Å²) in [5.74, 6) is -0.687. The molecule has 122 valence electrons. The van der Waals surface area contributed by atoms with Gasteiger partial charge >= 0.3 is 6.03 Å². The van der Waals surface area contributed by atoms with Crippen LogP contribution in [-0.2, 0) is 17.1 Å². The number of hydrogen-bond donors (Lipinski definition) is 2. The first-order valence-corrected chi connectivity index (χ1v) is 8.14. The van der Waals surface area contributed by atoms with Crippen LogP contribution in [0.3, 0.4) is 0 Å². The Kier molecular flexibility index (Phi) is 4.42. The van der Waals surface area contributed by atoms with Gasteiger partial charge in [0.25, 0.3) is 5.91 Å². The van der Waals surface area contributed by atoms with E-state index in [0.29, 0.717) is 13.1 Å². The van der Waals surface area contributed by atoms with Gasteiger partial charge in [0.1, 0.15) is 10.6 Å². The zero-order valence-electron chi connectivity index (χ0n) is 12.4. The molecule has 1 saturated heterocycles. The fourth-order valence-corrected chi connectivity index (χ4v) is 3.85. The molecule has 3 N–H and O–H groups in total. The minimum absolute atomic E-state index is 0.0252. The summed E-state index contributed by atoms with van der Waals surface area (Å²) in [6.07, 6.45) is 1.36. The highest BCUT2D eigenvalue weighted by Crippen LogP contribution is 2.20. The van der Waals surface area contributed by atoms with Gasteiger partial charge in [0, 0.05) is 46.5 Å². The maximum absolute atomic E-state index is 12.6. The third-order valence-electron chi connectivity index (χ3n) is 3.61. The highest BCUT2D eigenvalue weighted by Gasteiger charge is 2.31. The van der Waals surface area contributed by atoms with Crippen LogP contribution in [0.25, 0.3) is 0 Å². The maximum atomic E-state index is 12.6. The highest BCUT2D eigenvalue weighted by molar-refractivity contribution is 7.89. The largest absolute Gasteiger partial charge is 0.364 e. The topological polar surface area (TPSA) is 118 Å². The molecule has 2 heterocycles. The number of primary amides is 1. The molecule has 0 unspecified atom stereocenters. The van der Waals surface area contributed by atoms with Crippen molar-refractivity contribution in [2.45, 2.75) is 4.90 Å². The summed E-state index contributed by atoms with van der Waals surface area (Å²) in [4.78, 5) is 24.3. The highest BCUT2D eigenvalue weighted by atomic mass is 32.2. The Bertz CT molecular complexity index is 688. The summed E-state index contributed by atoms with van der Waals surface area (Å²) in [7, 11) is -0.620. The number of nitrogens with one attached hydrogen (secondary N) is 1. The molecule has 3 amide bonds. The lowest BCUT2D eigenvalue weighted by atomic mass is 10.4. The molecule has 0 radical (unpaired) electrons. The third kappa shape index (κ3) is 2.92. The average molecular weight is 329 g/mol. The number of rotatable bonds is 3. The lowest BCUT2D eigenvalue weighted by molar-refractivity contribution is 0.0992. The van der Waals surface area contributed by atoms with Crippen LogP contribution in [0, 0.1) is 0 Å². The van der Waals surface area contributed by atoms with Crippen molar-refractivity contribution >= 4 is 22.0 Å². The minimum Gasteiger partial charge on any atom is -0.364 e. The Labute approximate surface area is 128 Å². The van der Waals surface area contributed by atoms with Crippen LogP contribution in [0.15, 0.2) is 17.2 Å². The second-order valence-corrected chi connectivity index (χ2v) is 6.92. The molecule has 0 spiro atoms. The first-order chi connectivity index (χ1) is 10.3. The van der Waals surface area contributed by atoms with Gasteiger partial charge in [-0.15, -0.1) is 0 Å². The zero-order chi connectivity index (χ0) is 16.5. The van der Waals surface area contributed by atoms with E-state index in [1.165, 1.54) is 28.2 Å². The molecule has 1 aliphatic rings. The van der Waals surface area contributed by atoms with Crippen molar-refractivity contribution in [2.75, 3.05) is 33.2 Å². The summed E-state index contributed by atoms with van der Waals surface area (Å²) < 4.78 is 27.8. The number of urea groups is 1. The van der Waals surface area contributed by atoms with E-state index in [1.807, 2.05) is 0 Å². The number of piperazine rings is 1. The van der Waals surface area contributed by atoms with Gasteiger partial charge < -0.3 is 20.5 Å². The molecule has 0 saturated carbocycles. The number of amides is 3. The molecular formula is C12H19N5O4S. The first kappa shape index (κ1) is 16.3. The molecule has 0 atom stereocenters. The van der Waals surface area contributed by atoms with Crippen molar-refractivity contribution < 1.29 is 18.0 Å². The zero-order valence-corrected chi connectivity index (χ0v) is 13.3. The monoisotopic (exact) mass is 329 g/mol. The van der Waals surface area contributed by atoms with E-state index in [-0.39, 0.29) is 29.7 Å². The predicted octanol–water partition coefficient (Wildman–Crippen LogP) is -1.23. The first-order valence-electron chi connectivity index (χ1n) is 6.70. The Balaban J connectivity index is 2.17. The van der Waals surface area contributed by atoms with Crippen LogP contribution < -0.4 is 11.1 Å². The molecule has 2 rings (SSSR count). The van der Waals surface area contributed by atoms with E-state index in [9.17, 15) is 18.0 Å². The van der Waals surface area contributed by atoms with Crippen LogP contribution in [0.2, 0.25) is 0 Å². The van der Waals surface area contributed by atoms with E-state index in [4.69, 9.17) is 5.73 Å². The third-order valence-corrected chi connectivity index (χ3v) is 5.47. The van der Waals surface area contributed by atoms with Gasteiger partial charge in [0.2, 0.25) is 10.0 Å². The van der Waals surface area contributed by atoms with Crippen LogP contribution >= 0.6 is 0 Å². The van der Waals surface area contributed by atoms with Crippen LogP contribution in [0.5, 0.6) is 0 Å². The Morgan fingerprint density at radius 1 is 1.23 bits per heavy atom. The fourth-order valence-electron chi connectivity index (χ4n) is 2.36. The smallest absolute Gasteiger partial charge is 0.317 e. The van der Waals surface area contributed by atoms with Crippen molar-refractivity contribution in [3.05, 3.63) is 18.0 Å². The summed E-state index contributed by atoms with van der Waals surface area (Å²) in [6, 6.07) is 1.04. The number of nitrogens with zero attached hydrogens (tertiary/aromatic N) is 3. The van der Waals surface area contributed by atoms with Crippen LogP contribution in [0.1, 0.15) is 10.5 Å². The second-order valence-electron chi connectivity index (χ2n) is 4.98. The number of hydrogen-bond acceptors (Lipinski definition) is 4. The maximum Gasteiger partial charge on any atom is 0.317 e. The van der Waals surface area contributed by atoms with Gasteiger partial charge in [-0.3, -0.25) is 4.79 Å². The molecule has 0 aliphatic carbocycles. The molecule has 1 fully saturated rings. The predicted molar refractivity (Wildman–Crippen MR) is 78.7 cm³/mol. The molecule has 0 aromatic carbocycles. The Morgan fingerprint density at radius 3 is 2.27 bits per heavy atom. The number of aryl methyl sites for hydroxylation is 1. The van der Waals surface area contributed by atoms with Crippen molar-refractivity contribution in [1.29, 1.82) is 0 Å². The van der Waals surface area contributed by atoms with Gasteiger partial charge in [-0.05, 0) is 6.07 Å². The van der Waals surface area contributed by atoms with E-state index < -0.39 is 15.9 Å². The standard InChI is InChI=1S/C12H19N5O4S/c1-14-12(19)16-3-5-17(6-4-16)22(20,21)9-7-10(11(13)18)15(2)8-9/h7-8H,3-6H2,1-2H3,(H2,13,18)(H,14,19). The number of carbonyl (C=O) groups excluding carboxylic acids is 2. The number of aromatic nitrogens is 1. The Morgan fingerprint density at radius 2 is 1.82 bits per heavy atom. The van der Waals surface area contributed by atoms with Crippen molar-refractivity contribution in [3.63, 3.8) is 0 Å². The van der Waals surface area contributed by atoms with E-state index >= 15 is 0 Å². The number of sulfonamides is 1. The Hall–Kier alpha value is -2.07. The molecule has 1 aromatic rings. The summed E-state index contributed by atoms with van der Waals surface area (Å²) in [5, 5.41) is 2.51. The lowest BCUT2D eigenvalue weighted by Gasteiger charge is -2.33. The molecule has 22 heavy (non-hydrogen) atoms. The van der Waals surface area contributed by atoms with Gasteiger partial charge in [-0.1, -0.05) is 0 Å². The van der Waals surface area contributed by atoms with Crippen LogP contribution in [-0.4, -0.2) is 67.4 Å². The van der Waals surface area contributed by atoms with Crippen molar-refractivity contribution in [2.24, 2.45) is 12.8 Å². The number of nitrogens with two attached hydrogens (primary N) is 1. The van der Waals surface area contributed by atoms with Crippen molar-refractivity contribution in [3.8, 4) is 0 Å². The molecule has 0 bridgehead atoms. The molecule has 1 aromatic heterocycles. The van der Waals surface area contributed by atoms with Gasteiger partial charge in [0.05, 0.1) is 0 Å². The molecule has 10 heteroatoms. The SMILES string of the molecule is CNC(=O)N1CCN(S(=O)(=O)c2cc(C(N)=O)n(C)c2)CC1. The van der Waals surface area contributed by atoms with Gasteiger partial charge in [-0.25, -0.2) is 13.2 Å². The second kappa shape index (κ2) is 5.97.